The number of alkyl carbamates (subject to hydrolysis) is 1. The van der Waals surface area contributed by atoms with E-state index in [9.17, 15) is 9.59 Å². The molecule has 2 amide bonds. The van der Waals surface area contributed by atoms with Crippen molar-refractivity contribution in [2.45, 2.75) is 26.4 Å². The SMILES string of the molecule is CC(C)(C)OC(=O)NCCOCCOCCOc1ccccc1NC(=O)c1nc(Br)cnc1N. The number of anilines is 2. The Hall–Kier alpha value is -2.96. The van der Waals surface area contributed by atoms with E-state index in [1.54, 1.807) is 45.0 Å². The number of aromatic nitrogens is 2. The smallest absolute Gasteiger partial charge is 0.407 e. The highest BCUT2D eigenvalue weighted by Gasteiger charge is 2.16. The second kappa shape index (κ2) is 13.7. The van der Waals surface area contributed by atoms with Gasteiger partial charge in [-0.2, -0.15) is 0 Å². The molecule has 34 heavy (non-hydrogen) atoms. The lowest BCUT2D eigenvalue weighted by atomic mass is 10.2. The van der Waals surface area contributed by atoms with Crippen LogP contribution in [-0.2, 0) is 14.2 Å². The van der Waals surface area contributed by atoms with Crippen molar-refractivity contribution in [2.75, 3.05) is 50.6 Å². The van der Waals surface area contributed by atoms with Crippen LogP contribution in [0.4, 0.5) is 16.3 Å². The first kappa shape index (κ1) is 27.3. The molecule has 0 radical (unpaired) electrons. The molecule has 1 aromatic carbocycles. The Kier molecular flexibility index (Phi) is 11.0. The summed E-state index contributed by atoms with van der Waals surface area (Å²) in [5.74, 6) is -0.00214. The van der Waals surface area contributed by atoms with E-state index in [0.717, 1.165) is 0 Å². The summed E-state index contributed by atoms with van der Waals surface area (Å²) in [5.41, 5.74) is 5.69. The first-order chi connectivity index (χ1) is 16.2. The monoisotopic (exact) mass is 539 g/mol. The van der Waals surface area contributed by atoms with Crippen LogP contribution >= 0.6 is 15.9 Å². The second-order valence-electron chi connectivity index (χ2n) is 7.88. The van der Waals surface area contributed by atoms with Crippen LogP contribution in [-0.4, -0.2) is 67.1 Å². The summed E-state index contributed by atoms with van der Waals surface area (Å²) in [7, 11) is 0. The van der Waals surface area contributed by atoms with Crippen molar-refractivity contribution in [3.8, 4) is 5.75 Å². The summed E-state index contributed by atoms with van der Waals surface area (Å²) < 4.78 is 22.1. The Morgan fingerprint density at radius 2 is 1.74 bits per heavy atom. The number of nitrogen functional groups attached to an aromatic ring is 1. The molecule has 12 heteroatoms. The molecule has 2 aromatic rings. The van der Waals surface area contributed by atoms with E-state index in [-0.39, 0.29) is 18.1 Å². The van der Waals surface area contributed by atoms with Gasteiger partial charge in [0.05, 0.1) is 38.3 Å². The number of halogens is 1. The van der Waals surface area contributed by atoms with Crippen LogP contribution < -0.4 is 21.1 Å². The van der Waals surface area contributed by atoms with Gasteiger partial charge in [-0.1, -0.05) is 12.1 Å². The predicted molar refractivity (Wildman–Crippen MR) is 130 cm³/mol. The van der Waals surface area contributed by atoms with Gasteiger partial charge in [0.2, 0.25) is 0 Å². The Balaban J connectivity index is 1.64. The molecule has 0 bridgehead atoms. The van der Waals surface area contributed by atoms with E-state index in [2.05, 4.69) is 36.5 Å². The zero-order chi connectivity index (χ0) is 25.0. The van der Waals surface area contributed by atoms with Crippen molar-refractivity contribution in [3.05, 3.63) is 40.8 Å². The number of benzene rings is 1. The minimum atomic E-state index is -0.533. The van der Waals surface area contributed by atoms with Crippen LogP contribution in [0.25, 0.3) is 0 Å². The molecule has 0 saturated carbocycles. The van der Waals surface area contributed by atoms with Crippen molar-refractivity contribution in [1.82, 2.24) is 15.3 Å². The molecule has 0 aliphatic heterocycles. The number of hydrogen-bond acceptors (Lipinski definition) is 9. The second-order valence-corrected chi connectivity index (χ2v) is 8.69. The molecule has 1 heterocycles. The van der Waals surface area contributed by atoms with Crippen LogP contribution in [0.5, 0.6) is 5.75 Å². The van der Waals surface area contributed by atoms with Gasteiger partial charge in [0.15, 0.2) is 11.5 Å². The Labute approximate surface area is 206 Å². The Morgan fingerprint density at radius 1 is 1.06 bits per heavy atom. The lowest BCUT2D eigenvalue weighted by Crippen LogP contribution is -2.34. The lowest BCUT2D eigenvalue weighted by Gasteiger charge is -2.19. The molecule has 4 N–H and O–H groups in total. The minimum Gasteiger partial charge on any atom is -0.489 e. The van der Waals surface area contributed by atoms with Crippen molar-refractivity contribution in [2.24, 2.45) is 0 Å². The summed E-state index contributed by atoms with van der Waals surface area (Å²) in [6.07, 6.45) is 0.934. The molecular formula is C22H30BrN5O6. The van der Waals surface area contributed by atoms with Gasteiger partial charge in [0.25, 0.3) is 5.91 Å². The van der Waals surface area contributed by atoms with Crippen LogP contribution in [0, 0.1) is 0 Å². The largest absolute Gasteiger partial charge is 0.489 e. The molecule has 11 nitrogen and oxygen atoms in total. The highest BCUT2D eigenvalue weighted by molar-refractivity contribution is 9.10. The van der Waals surface area contributed by atoms with Crippen LogP contribution in [0.15, 0.2) is 35.1 Å². The number of para-hydroxylation sites is 2. The average molecular weight is 540 g/mol. The maximum atomic E-state index is 12.5. The van der Waals surface area contributed by atoms with E-state index in [1.165, 1.54) is 6.20 Å². The van der Waals surface area contributed by atoms with Gasteiger partial charge in [-0.05, 0) is 48.8 Å². The fourth-order valence-electron chi connectivity index (χ4n) is 2.49. The fourth-order valence-corrected chi connectivity index (χ4v) is 2.77. The number of nitrogens with zero attached hydrogens (tertiary/aromatic N) is 2. The zero-order valence-electron chi connectivity index (χ0n) is 19.4. The number of carbonyl (C=O) groups excluding carboxylic acids is 2. The van der Waals surface area contributed by atoms with Gasteiger partial charge >= 0.3 is 6.09 Å². The number of nitrogens with two attached hydrogens (primary N) is 1. The van der Waals surface area contributed by atoms with Gasteiger partial charge < -0.3 is 35.3 Å². The third-order valence-electron chi connectivity index (χ3n) is 3.89. The Bertz CT molecular complexity index is 954. The number of rotatable bonds is 12. The van der Waals surface area contributed by atoms with Gasteiger partial charge in [-0.25, -0.2) is 14.8 Å². The molecule has 0 aliphatic rings. The maximum absolute atomic E-state index is 12.5. The molecular weight excluding hydrogens is 510 g/mol. The number of amides is 2. The van der Waals surface area contributed by atoms with Crippen molar-refractivity contribution < 1.29 is 28.5 Å². The average Bonchev–Trinajstić information content (AvgIpc) is 2.76. The molecule has 2 rings (SSSR count). The van der Waals surface area contributed by atoms with E-state index in [4.69, 9.17) is 24.7 Å². The fraction of sp³-hybridized carbons (Fsp3) is 0.455. The quantitative estimate of drug-likeness (QED) is 0.346. The standard InChI is InChI=1S/C22H30BrN5O6/c1-22(2,3)34-21(30)25-8-9-31-10-11-32-12-13-33-16-7-5-4-6-15(16)27-20(29)18-19(24)26-14-17(23)28-18/h4-7,14H,8-13H2,1-3H3,(H2,24,26)(H,25,30)(H,27,29). The number of carbonyl (C=O) groups is 2. The lowest BCUT2D eigenvalue weighted by molar-refractivity contribution is 0.0328. The maximum Gasteiger partial charge on any atom is 0.407 e. The van der Waals surface area contributed by atoms with E-state index in [1.807, 2.05) is 0 Å². The van der Waals surface area contributed by atoms with Gasteiger partial charge in [-0.15, -0.1) is 0 Å². The first-order valence-electron chi connectivity index (χ1n) is 10.6. The van der Waals surface area contributed by atoms with E-state index >= 15 is 0 Å². The molecule has 0 atom stereocenters. The predicted octanol–water partition coefficient (Wildman–Crippen LogP) is 3.01. The van der Waals surface area contributed by atoms with Crippen LogP contribution in [0.1, 0.15) is 31.3 Å². The first-order valence-corrected chi connectivity index (χ1v) is 11.4. The molecule has 186 valence electrons. The normalized spacial score (nSPS) is 11.1. The molecule has 0 aliphatic carbocycles. The van der Waals surface area contributed by atoms with E-state index in [0.29, 0.717) is 49.0 Å². The molecule has 0 fully saturated rings. The molecule has 0 spiro atoms. The van der Waals surface area contributed by atoms with Crippen molar-refractivity contribution in [3.63, 3.8) is 0 Å². The zero-order valence-corrected chi connectivity index (χ0v) is 21.0. The van der Waals surface area contributed by atoms with Gasteiger partial charge in [0.1, 0.15) is 22.6 Å². The third-order valence-corrected chi connectivity index (χ3v) is 4.28. The summed E-state index contributed by atoms with van der Waals surface area (Å²) in [6.45, 7) is 7.43. The summed E-state index contributed by atoms with van der Waals surface area (Å²) >= 11 is 3.17. The van der Waals surface area contributed by atoms with Crippen molar-refractivity contribution in [1.29, 1.82) is 0 Å². The van der Waals surface area contributed by atoms with Gasteiger partial charge in [0, 0.05) is 6.54 Å². The van der Waals surface area contributed by atoms with Gasteiger partial charge in [-0.3, -0.25) is 4.79 Å². The van der Waals surface area contributed by atoms with Crippen molar-refractivity contribution >= 4 is 39.4 Å². The summed E-state index contributed by atoms with van der Waals surface area (Å²) in [6, 6.07) is 6.99. The highest BCUT2D eigenvalue weighted by atomic mass is 79.9. The number of nitrogens with one attached hydrogen (secondary N) is 2. The topological polar surface area (TPSA) is 147 Å². The Morgan fingerprint density at radius 3 is 2.47 bits per heavy atom. The summed E-state index contributed by atoms with van der Waals surface area (Å²) in [5, 5.41) is 5.34. The molecule has 0 unspecified atom stereocenters. The minimum absolute atomic E-state index is 0.00815. The number of hydrogen-bond donors (Lipinski definition) is 3. The summed E-state index contributed by atoms with van der Waals surface area (Å²) in [4.78, 5) is 32.0. The number of ether oxygens (including phenoxy) is 4. The van der Waals surface area contributed by atoms with Crippen LogP contribution in [0.3, 0.4) is 0 Å². The van der Waals surface area contributed by atoms with Crippen LogP contribution in [0.2, 0.25) is 0 Å². The van der Waals surface area contributed by atoms with E-state index < -0.39 is 17.6 Å². The third kappa shape index (κ3) is 10.3. The molecule has 1 aromatic heterocycles. The highest BCUT2D eigenvalue weighted by Crippen LogP contribution is 2.24. The molecule has 0 saturated heterocycles.